The SMILES string of the molecule is COc1ccc2c(c1OC)COC(C)C2=O. The van der Waals surface area contributed by atoms with Crippen molar-refractivity contribution in [2.75, 3.05) is 14.2 Å². The number of ketones is 1. The van der Waals surface area contributed by atoms with Crippen molar-refractivity contribution in [3.05, 3.63) is 23.3 Å². The molecule has 0 N–H and O–H groups in total. The predicted octanol–water partition coefficient (Wildman–Crippen LogP) is 1.81. The molecule has 86 valence electrons. The fraction of sp³-hybridized carbons (Fsp3) is 0.417. The monoisotopic (exact) mass is 222 g/mol. The minimum Gasteiger partial charge on any atom is -0.493 e. The molecule has 0 spiro atoms. The molecule has 2 rings (SSSR count). The second kappa shape index (κ2) is 4.14. The van der Waals surface area contributed by atoms with Gasteiger partial charge in [-0.25, -0.2) is 0 Å². The topological polar surface area (TPSA) is 44.8 Å². The summed E-state index contributed by atoms with van der Waals surface area (Å²) in [5.41, 5.74) is 1.43. The lowest BCUT2D eigenvalue weighted by atomic mass is 9.97. The Morgan fingerprint density at radius 1 is 1.31 bits per heavy atom. The zero-order valence-electron chi connectivity index (χ0n) is 9.57. The number of carbonyl (C=O) groups excluding carboxylic acids is 1. The van der Waals surface area contributed by atoms with Gasteiger partial charge in [0.25, 0.3) is 0 Å². The van der Waals surface area contributed by atoms with Gasteiger partial charge < -0.3 is 14.2 Å². The van der Waals surface area contributed by atoms with Crippen LogP contribution in [-0.4, -0.2) is 26.1 Å². The van der Waals surface area contributed by atoms with Crippen molar-refractivity contribution in [2.24, 2.45) is 0 Å². The molecule has 1 atom stereocenters. The quantitative estimate of drug-likeness (QED) is 0.765. The summed E-state index contributed by atoms with van der Waals surface area (Å²) in [5.74, 6) is 1.19. The van der Waals surface area contributed by atoms with E-state index in [2.05, 4.69) is 0 Å². The van der Waals surface area contributed by atoms with E-state index in [1.807, 2.05) is 0 Å². The molecular formula is C12H14O4. The van der Waals surface area contributed by atoms with Crippen LogP contribution < -0.4 is 9.47 Å². The van der Waals surface area contributed by atoms with Crippen molar-refractivity contribution in [3.63, 3.8) is 0 Å². The number of benzene rings is 1. The Hall–Kier alpha value is -1.55. The molecule has 0 saturated heterocycles. The molecule has 0 saturated carbocycles. The Balaban J connectivity index is 2.57. The second-order valence-electron chi connectivity index (χ2n) is 3.64. The maximum atomic E-state index is 11.9. The summed E-state index contributed by atoms with van der Waals surface area (Å²) in [7, 11) is 3.12. The summed E-state index contributed by atoms with van der Waals surface area (Å²) in [6, 6.07) is 3.51. The smallest absolute Gasteiger partial charge is 0.191 e. The highest BCUT2D eigenvalue weighted by Crippen LogP contribution is 2.36. The number of fused-ring (bicyclic) bond motifs is 1. The van der Waals surface area contributed by atoms with Crippen LogP contribution in [0.15, 0.2) is 12.1 Å². The van der Waals surface area contributed by atoms with Crippen LogP contribution in [0.2, 0.25) is 0 Å². The molecular weight excluding hydrogens is 208 g/mol. The highest BCUT2D eigenvalue weighted by Gasteiger charge is 2.28. The lowest BCUT2D eigenvalue weighted by Gasteiger charge is -2.23. The average Bonchev–Trinajstić information content (AvgIpc) is 2.32. The standard InChI is InChI=1S/C12H14O4/c1-7-11(13)8-4-5-10(14-2)12(15-3)9(8)6-16-7/h4-5,7H,6H2,1-3H3. The van der Waals surface area contributed by atoms with Crippen LogP contribution in [0.3, 0.4) is 0 Å². The predicted molar refractivity (Wildman–Crippen MR) is 58.1 cm³/mol. The van der Waals surface area contributed by atoms with Crippen LogP contribution in [-0.2, 0) is 11.3 Å². The molecule has 16 heavy (non-hydrogen) atoms. The minimum atomic E-state index is -0.384. The second-order valence-corrected chi connectivity index (χ2v) is 3.64. The molecule has 1 heterocycles. The number of rotatable bonds is 2. The van der Waals surface area contributed by atoms with Gasteiger partial charge in [-0.3, -0.25) is 4.79 Å². The van der Waals surface area contributed by atoms with E-state index in [0.717, 1.165) is 5.56 Å². The van der Waals surface area contributed by atoms with Crippen LogP contribution >= 0.6 is 0 Å². The van der Waals surface area contributed by atoms with Crippen molar-refractivity contribution >= 4 is 5.78 Å². The van der Waals surface area contributed by atoms with E-state index in [-0.39, 0.29) is 11.9 Å². The lowest BCUT2D eigenvalue weighted by Crippen LogP contribution is -2.27. The van der Waals surface area contributed by atoms with Crippen molar-refractivity contribution < 1.29 is 19.0 Å². The maximum Gasteiger partial charge on any atom is 0.191 e. The van der Waals surface area contributed by atoms with Crippen LogP contribution in [0.4, 0.5) is 0 Å². The molecule has 0 amide bonds. The molecule has 0 aromatic heterocycles. The molecule has 4 nitrogen and oxygen atoms in total. The number of methoxy groups -OCH3 is 2. The van der Waals surface area contributed by atoms with Gasteiger partial charge in [0, 0.05) is 11.1 Å². The van der Waals surface area contributed by atoms with Crippen molar-refractivity contribution in [3.8, 4) is 11.5 Å². The molecule has 4 heteroatoms. The zero-order chi connectivity index (χ0) is 11.7. The number of hydrogen-bond acceptors (Lipinski definition) is 4. The van der Waals surface area contributed by atoms with Crippen molar-refractivity contribution in [1.29, 1.82) is 0 Å². The molecule has 1 aromatic rings. The van der Waals surface area contributed by atoms with E-state index in [1.54, 1.807) is 33.3 Å². The third-order valence-electron chi connectivity index (χ3n) is 2.76. The third-order valence-corrected chi connectivity index (χ3v) is 2.76. The summed E-state index contributed by atoms with van der Waals surface area (Å²) in [6.07, 6.45) is -0.384. The Kier molecular flexibility index (Phi) is 2.83. The van der Waals surface area contributed by atoms with E-state index in [1.165, 1.54) is 0 Å². The number of carbonyl (C=O) groups is 1. The van der Waals surface area contributed by atoms with Crippen molar-refractivity contribution in [1.82, 2.24) is 0 Å². The van der Waals surface area contributed by atoms with Crippen LogP contribution in [0.1, 0.15) is 22.8 Å². The van der Waals surface area contributed by atoms with Gasteiger partial charge in [0.15, 0.2) is 17.3 Å². The first-order valence-corrected chi connectivity index (χ1v) is 5.08. The fourth-order valence-corrected chi connectivity index (χ4v) is 1.87. The fourth-order valence-electron chi connectivity index (χ4n) is 1.87. The summed E-state index contributed by atoms with van der Waals surface area (Å²) in [5, 5.41) is 0. The Morgan fingerprint density at radius 2 is 2.06 bits per heavy atom. The van der Waals surface area contributed by atoms with E-state index in [4.69, 9.17) is 14.2 Å². The van der Waals surface area contributed by atoms with E-state index in [0.29, 0.717) is 23.7 Å². The molecule has 0 aliphatic carbocycles. The molecule has 1 aromatic carbocycles. The molecule has 0 bridgehead atoms. The first-order valence-electron chi connectivity index (χ1n) is 5.08. The molecule has 0 radical (unpaired) electrons. The Bertz CT molecular complexity index is 425. The molecule has 1 aliphatic heterocycles. The summed E-state index contributed by atoms with van der Waals surface area (Å²) < 4.78 is 15.8. The molecule has 0 fully saturated rings. The van der Waals surface area contributed by atoms with E-state index in [9.17, 15) is 4.79 Å². The highest BCUT2D eigenvalue weighted by molar-refractivity contribution is 6.02. The van der Waals surface area contributed by atoms with Gasteiger partial charge >= 0.3 is 0 Å². The molecule has 1 unspecified atom stereocenters. The van der Waals surface area contributed by atoms with Gasteiger partial charge in [-0.05, 0) is 19.1 Å². The molecule has 1 aliphatic rings. The van der Waals surface area contributed by atoms with Gasteiger partial charge in [-0.1, -0.05) is 0 Å². The van der Waals surface area contributed by atoms with Crippen LogP contribution in [0.25, 0.3) is 0 Å². The first kappa shape index (κ1) is 11.0. The third kappa shape index (κ3) is 1.55. The average molecular weight is 222 g/mol. The van der Waals surface area contributed by atoms with Crippen LogP contribution in [0.5, 0.6) is 11.5 Å². The Labute approximate surface area is 94.1 Å². The lowest BCUT2D eigenvalue weighted by molar-refractivity contribution is 0.0327. The van der Waals surface area contributed by atoms with Gasteiger partial charge in [-0.15, -0.1) is 0 Å². The number of Topliss-reactive ketones (excluding diaryl/α,β-unsaturated/α-hetero) is 1. The number of ether oxygens (including phenoxy) is 3. The summed E-state index contributed by atoms with van der Waals surface area (Å²) in [6.45, 7) is 2.13. The largest absolute Gasteiger partial charge is 0.493 e. The maximum absolute atomic E-state index is 11.9. The zero-order valence-corrected chi connectivity index (χ0v) is 9.57. The van der Waals surface area contributed by atoms with Crippen LogP contribution in [0, 0.1) is 0 Å². The van der Waals surface area contributed by atoms with E-state index < -0.39 is 0 Å². The van der Waals surface area contributed by atoms with Gasteiger partial charge in [-0.2, -0.15) is 0 Å². The number of hydrogen-bond donors (Lipinski definition) is 0. The van der Waals surface area contributed by atoms with E-state index >= 15 is 0 Å². The normalized spacial score (nSPS) is 19.2. The van der Waals surface area contributed by atoms with Gasteiger partial charge in [0.2, 0.25) is 0 Å². The highest BCUT2D eigenvalue weighted by atomic mass is 16.5. The minimum absolute atomic E-state index is 0.0118. The Morgan fingerprint density at radius 3 is 2.69 bits per heavy atom. The summed E-state index contributed by atoms with van der Waals surface area (Å²) in [4.78, 5) is 11.9. The van der Waals surface area contributed by atoms with Gasteiger partial charge in [0.1, 0.15) is 6.10 Å². The van der Waals surface area contributed by atoms with Gasteiger partial charge in [0.05, 0.1) is 20.8 Å². The first-order chi connectivity index (χ1) is 7.69. The summed E-state index contributed by atoms with van der Waals surface area (Å²) >= 11 is 0. The van der Waals surface area contributed by atoms with Crippen molar-refractivity contribution in [2.45, 2.75) is 19.6 Å².